The molecule has 0 bridgehead atoms. The molecule has 3 nitrogen and oxygen atoms in total. The number of carbonyl (C=O) groups is 1. The molecule has 0 aromatic carbocycles. The van der Waals surface area contributed by atoms with Crippen molar-refractivity contribution < 1.29 is 18.7 Å². The molecule has 58 valence electrons. The second-order valence-corrected chi connectivity index (χ2v) is 1.39. The third-order valence-corrected chi connectivity index (χ3v) is 0.659. The summed E-state index contributed by atoms with van der Waals surface area (Å²) in [6, 6.07) is 0. The third-order valence-electron chi connectivity index (χ3n) is 0.659. The van der Waals surface area contributed by atoms with E-state index in [0.717, 1.165) is 6.26 Å². The van der Waals surface area contributed by atoms with Crippen LogP contribution in [0.5, 0.6) is 0 Å². The zero-order chi connectivity index (χ0) is 7.82. The van der Waals surface area contributed by atoms with Crippen LogP contribution in [0.3, 0.4) is 0 Å². The highest BCUT2D eigenvalue weighted by molar-refractivity contribution is 5.70. The summed E-state index contributed by atoms with van der Waals surface area (Å²) in [6.07, 6.45) is 1.12. The van der Waals surface area contributed by atoms with Gasteiger partial charge in [-0.1, -0.05) is 6.58 Å². The van der Waals surface area contributed by atoms with E-state index in [1.807, 2.05) is 0 Å². The van der Waals surface area contributed by atoms with Gasteiger partial charge in [0.2, 0.25) is 0 Å². The Labute approximate surface area is 58.4 Å². The number of hydrogen-bond donors (Lipinski definition) is 0. The molecule has 0 fully saturated rings. The van der Waals surface area contributed by atoms with E-state index in [9.17, 15) is 9.18 Å². The molecule has 0 heterocycles. The Morgan fingerprint density at radius 3 is 2.90 bits per heavy atom. The van der Waals surface area contributed by atoms with Gasteiger partial charge in [-0.25, -0.2) is 9.18 Å². The van der Waals surface area contributed by atoms with Crippen molar-refractivity contribution in [1.82, 2.24) is 0 Å². The van der Waals surface area contributed by atoms with Gasteiger partial charge in [-0.2, -0.15) is 0 Å². The van der Waals surface area contributed by atoms with Crippen molar-refractivity contribution in [2.45, 2.75) is 0 Å². The minimum Gasteiger partial charge on any atom is -0.490 e. The van der Waals surface area contributed by atoms with E-state index in [1.165, 1.54) is 0 Å². The first-order valence-electron chi connectivity index (χ1n) is 2.75. The Balaban J connectivity index is 3.16. The molecule has 0 radical (unpaired) electrons. The molecule has 0 amide bonds. The summed E-state index contributed by atoms with van der Waals surface area (Å²) in [7, 11) is 0. The topological polar surface area (TPSA) is 35.5 Å². The fourth-order valence-corrected chi connectivity index (χ4v) is 0.321. The average Bonchev–Trinajstić information content (AvgIpc) is 1.97. The van der Waals surface area contributed by atoms with Crippen molar-refractivity contribution in [3.05, 3.63) is 12.8 Å². The van der Waals surface area contributed by atoms with Crippen LogP contribution in [0.2, 0.25) is 0 Å². The van der Waals surface area contributed by atoms with E-state index in [4.69, 9.17) is 0 Å². The summed E-state index contributed by atoms with van der Waals surface area (Å²) in [5.74, 6) is -0.586. The molecule has 0 rings (SSSR count). The molecular weight excluding hydrogens is 139 g/mol. The normalized spacial score (nSPS) is 8.50. The number of rotatable bonds is 5. The molecule has 0 saturated carbocycles. The van der Waals surface area contributed by atoms with E-state index >= 15 is 0 Å². The molecule has 0 aliphatic rings. The minimum absolute atomic E-state index is 0.205. The minimum atomic E-state index is -0.667. The quantitative estimate of drug-likeness (QED) is 0.424. The monoisotopic (exact) mass is 148 g/mol. The Bertz CT molecular complexity index is 114. The molecule has 0 aromatic rings. The van der Waals surface area contributed by atoms with Crippen molar-refractivity contribution in [1.29, 1.82) is 0 Å². The standard InChI is InChI=1S/C6H9FO3/c1-2-9-5-6(8)10-4-3-7/h2H,1,3-5H2. The molecule has 0 atom stereocenters. The van der Waals surface area contributed by atoms with Gasteiger partial charge in [0.1, 0.15) is 13.3 Å². The molecule has 0 aliphatic heterocycles. The van der Waals surface area contributed by atoms with Crippen LogP contribution in [0.1, 0.15) is 0 Å². The smallest absolute Gasteiger partial charge is 0.344 e. The molecule has 0 saturated heterocycles. The molecule has 0 unspecified atom stereocenters. The first kappa shape index (κ1) is 8.94. The van der Waals surface area contributed by atoms with E-state index in [-0.39, 0.29) is 13.2 Å². The van der Waals surface area contributed by atoms with E-state index in [2.05, 4.69) is 16.1 Å². The van der Waals surface area contributed by atoms with Crippen LogP contribution >= 0.6 is 0 Å². The lowest BCUT2D eigenvalue weighted by Gasteiger charge is -1.99. The molecule has 0 aliphatic carbocycles. The van der Waals surface area contributed by atoms with Crippen molar-refractivity contribution in [3.63, 3.8) is 0 Å². The van der Waals surface area contributed by atoms with Gasteiger partial charge in [-0.3, -0.25) is 0 Å². The Kier molecular flexibility index (Phi) is 5.42. The first-order valence-corrected chi connectivity index (χ1v) is 2.75. The molecule has 10 heavy (non-hydrogen) atoms. The zero-order valence-corrected chi connectivity index (χ0v) is 5.51. The Morgan fingerprint density at radius 2 is 2.40 bits per heavy atom. The lowest BCUT2D eigenvalue weighted by molar-refractivity contribution is -0.147. The fourth-order valence-electron chi connectivity index (χ4n) is 0.321. The maximum atomic E-state index is 11.3. The summed E-state index contributed by atoms with van der Waals surface area (Å²) in [5, 5.41) is 0. The van der Waals surface area contributed by atoms with Crippen LogP contribution in [-0.2, 0) is 14.3 Å². The van der Waals surface area contributed by atoms with Crippen molar-refractivity contribution in [2.24, 2.45) is 0 Å². The summed E-state index contributed by atoms with van der Waals surface area (Å²) < 4.78 is 20.1. The van der Waals surface area contributed by atoms with Crippen LogP contribution in [0, 0.1) is 0 Å². The SMILES string of the molecule is C=COCC(=O)OCCF. The van der Waals surface area contributed by atoms with Crippen molar-refractivity contribution in [2.75, 3.05) is 19.9 Å². The van der Waals surface area contributed by atoms with Gasteiger partial charge >= 0.3 is 5.97 Å². The van der Waals surface area contributed by atoms with Crippen molar-refractivity contribution >= 4 is 5.97 Å². The van der Waals surface area contributed by atoms with Gasteiger partial charge in [0, 0.05) is 0 Å². The van der Waals surface area contributed by atoms with Crippen LogP contribution in [0.4, 0.5) is 4.39 Å². The second-order valence-electron chi connectivity index (χ2n) is 1.39. The second kappa shape index (κ2) is 6.07. The number of hydrogen-bond acceptors (Lipinski definition) is 3. The summed E-state index contributed by atoms with van der Waals surface area (Å²) in [4.78, 5) is 10.4. The molecule has 0 spiro atoms. The van der Waals surface area contributed by atoms with Gasteiger partial charge in [0.15, 0.2) is 6.61 Å². The lowest BCUT2D eigenvalue weighted by Crippen LogP contribution is -2.12. The number of alkyl halides is 1. The van der Waals surface area contributed by atoms with E-state index in [1.54, 1.807) is 0 Å². The molecule has 4 heteroatoms. The van der Waals surface area contributed by atoms with Gasteiger partial charge in [0.25, 0.3) is 0 Å². The van der Waals surface area contributed by atoms with Gasteiger partial charge in [-0.15, -0.1) is 0 Å². The number of ether oxygens (including phenoxy) is 2. The third kappa shape index (κ3) is 5.08. The van der Waals surface area contributed by atoms with Gasteiger partial charge in [0.05, 0.1) is 6.26 Å². The summed E-state index contributed by atoms with van der Waals surface area (Å²) in [6.45, 7) is 2.13. The van der Waals surface area contributed by atoms with Crippen LogP contribution in [-0.4, -0.2) is 25.9 Å². The largest absolute Gasteiger partial charge is 0.490 e. The average molecular weight is 148 g/mol. The predicted molar refractivity (Wildman–Crippen MR) is 33.1 cm³/mol. The Hall–Kier alpha value is -1.06. The van der Waals surface area contributed by atoms with Crippen LogP contribution in [0.15, 0.2) is 12.8 Å². The lowest BCUT2D eigenvalue weighted by atomic mass is 10.7. The summed E-state index contributed by atoms with van der Waals surface area (Å²) >= 11 is 0. The maximum Gasteiger partial charge on any atom is 0.344 e. The number of halogens is 1. The first-order chi connectivity index (χ1) is 4.81. The van der Waals surface area contributed by atoms with Crippen molar-refractivity contribution in [3.8, 4) is 0 Å². The van der Waals surface area contributed by atoms with E-state index < -0.39 is 12.6 Å². The van der Waals surface area contributed by atoms with Gasteiger partial charge in [-0.05, 0) is 0 Å². The zero-order valence-electron chi connectivity index (χ0n) is 5.51. The molecular formula is C6H9FO3. The molecule has 0 N–H and O–H groups in total. The maximum absolute atomic E-state index is 11.3. The van der Waals surface area contributed by atoms with Crippen LogP contribution in [0.25, 0.3) is 0 Å². The highest BCUT2D eigenvalue weighted by atomic mass is 19.1. The highest BCUT2D eigenvalue weighted by Gasteiger charge is 1.99. The van der Waals surface area contributed by atoms with Gasteiger partial charge < -0.3 is 9.47 Å². The number of carbonyl (C=O) groups excluding carboxylic acids is 1. The van der Waals surface area contributed by atoms with Crippen LogP contribution < -0.4 is 0 Å². The predicted octanol–water partition coefficient (Wildman–Crippen LogP) is 0.659. The molecule has 0 aromatic heterocycles. The number of esters is 1. The fraction of sp³-hybridized carbons (Fsp3) is 0.500. The highest BCUT2D eigenvalue weighted by Crippen LogP contribution is 1.81. The Morgan fingerprint density at radius 1 is 1.70 bits per heavy atom. The summed E-state index contributed by atoms with van der Waals surface area (Å²) in [5.41, 5.74) is 0. The van der Waals surface area contributed by atoms with E-state index in [0.29, 0.717) is 0 Å².